The summed E-state index contributed by atoms with van der Waals surface area (Å²) in [5, 5.41) is 8.31. The molecule has 1 unspecified atom stereocenters. The largest absolute Gasteiger partial charge is 0.449 e. The minimum absolute atomic E-state index is 0.107. The van der Waals surface area contributed by atoms with Crippen LogP contribution in [-0.2, 0) is 9.59 Å². The number of benzene rings is 1. The van der Waals surface area contributed by atoms with Gasteiger partial charge in [-0.1, -0.05) is 0 Å². The molecule has 2 aliphatic heterocycles. The number of carbonyl (C=O) groups is 2. The molecule has 0 saturated carbocycles. The SMILES string of the molecule is CC1(C)Oc2ccc(NC(=O)C3CNC(=O)CN3)cc2O1. The van der Waals surface area contributed by atoms with Crippen molar-refractivity contribution in [2.75, 3.05) is 18.4 Å². The third-order valence-electron chi connectivity index (χ3n) is 3.25. The van der Waals surface area contributed by atoms with E-state index in [1.54, 1.807) is 18.2 Å². The van der Waals surface area contributed by atoms with E-state index in [4.69, 9.17) is 9.47 Å². The summed E-state index contributed by atoms with van der Waals surface area (Å²) in [7, 11) is 0. The van der Waals surface area contributed by atoms with Gasteiger partial charge in [0.05, 0.1) is 6.54 Å². The Balaban J connectivity index is 1.66. The van der Waals surface area contributed by atoms with E-state index in [-0.39, 0.29) is 24.9 Å². The molecule has 3 N–H and O–H groups in total. The summed E-state index contributed by atoms with van der Waals surface area (Å²) in [6.07, 6.45) is 0. The molecule has 0 spiro atoms. The van der Waals surface area contributed by atoms with Gasteiger partial charge in [0, 0.05) is 32.1 Å². The fourth-order valence-corrected chi connectivity index (χ4v) is 2.28. The Morgan fingerprint density at radius 2 is 2.10 bits per heavy atom. The zero-order valence-electron chi connectivity index (χ0n) is 11.9. The molecule has 1 atom stereocenters. The quantitative estimate of drug-likeness (QED) is 0.725. The monoisotopic (exact) mass is 291 g/mol. The molecule has 7 nitrogen and oxygen atoms in total. The smallest absolute Gasteiger partial charge is 0.246 e. The van der Waals surface area contributed by atoms with Gasteiger partial charge in [0.2, 0.25) is 17.6 Å². The van der Waals surface area contributed by atoms with E-state index in [0.717, 1.165) is 0 Å². The molecule has 2 aliphatic rings. The van der Waals surface area contributed by atoms with Crippen LogP contribution in [0.4, 0.5) is 5.69 Å². The van der Waals surface area contributed by atoms with E-state index in [0.29, 0.717) is 17.2 Å². The highest BCUT2D eigenvalue weighted by Crippen LogP contribution is 2.40. The lowest BCUT2D eigenvalue weighted by atomic mass is 10.2. The molecule has 0 radical (unpaired) electrons. The Morgan fingerprint density at radius 3 is 2.81 bits per heavy atom. The Hall–Kier alpha value is -2.28. The first-order valence-electron chi connectivity index (χ1n) is 6.76. The van der Waals surface area contributed by atoms with Gasteiger partial charge in [0.25, 0.3) is 0 Å². The second kappa shape index (κ2) is 4.92. The predicted molar refractivity (Wildman–Crippen MR) is 75.2 cm³/mol. The highest BCUT2D eigenvalue weighted by Gasteiger charge is 2.32. The van der Waals surface area contributed by atoms with E-state index >= 15 is 0 Å². The van der Waals surface area contributed by atoms with Gasteiger partial charge in [-0.3, -0.25) is 14.9 Å². The first kappa shape index (κ1) is 13.7. The van der Waals surface area contributed by atoms with Crippen molar-refractivity contribution in [2.24, 2.45) is 0 Å². The number of anilines is 1. The molecule has 7 heteroatoms. The highest BCUT2D eigenvalue weighted by molar-refractivity contribution is 5.96. The minimum atomic E-state index is -0.694. The normalized spacial score (nSPS) is 22.6. The maximum Gasteiger partial charge on any atom is 0.246 e. The number of carbonyl (C=O) groups excluding carboxylic acids is 2. The van der Waals surface area contributed by atoms with Gasteiger partial charge in [-0.15, -0.1) is 0 Å². The van der Waals surface area contributed by atoms with Gasteiger partial charge in [-0.25, -0.2) is 0 Å². The maximum absolute atomic E-state index is 12.1. The molecule has 0 aliphatic carbocycles. The molecule has 21 heavy (non-hydrogen) atoms. The fraction of sp³-hybridized carbons (Fsp3) is 0.429. The third-order valence-corrected chi connectivity index (χ3v) is 3.25. The Bertz CT molecular complexity index is 590. The summed E-state index contributed by atoms with van der Waals surface area (Å²) in [6, 6.07) is 4.80. The highest BCUT2D eigenvalue weighted by atomic mass is 16.7. The van der Waals surface area contributed by atoms with Gasteiger partial charge >= 0.3 is 0 Å². The zero-order chi connectivity index (χ0) is 15.0. The summed E-state index contributed by atoms with van der Waals surface area (Å²) in [5.41, 5.74) is 0.624. The van der Waals surface area contributed by atoms with Crippen LogP contribution >= 0.6 is 0 Å². The van der Waals surface area contributed by atoms with E-state index in [1.807, 2.05) is 13.8 Å². The topological polar surface area (TPSA) is 88.7 Å². The van der Waals surface area contributed by atoms with Crippen molar-refractivity contribution >= 4 is 17.5 Å². The second-order valence-corrected chi connectivity index (χ2v) is 5.49. The van der Waals surface area contributed by atoms with E-state index in [2.05, 4.69) is 16.0 Å². The zero-order valence-corrected chi connectivity index (χ0v) is 11.9. The van der Waals surface area contributed by atoms with E-state index in [9.17, 15) is 9.59 Å². The van der Waals surface area contributed by atoms with Crippen LogP contribution in [0.1, 0.15) is 13.8 Å². The van der Waals surface area contributed by atoms with Crippen LogP contribution in [0.25, 0.3) is 0 Å². The minimum Gasteiger partial charge on any atom is -0.449 e. The van der Waals surface area contributed by atoms with Crippen LogP contribution < -0.4 is 25.4 Å². The number of amides is 2. The molecule has 2 amide bonds. The lowest BCUT2D eigenvalue weighted by Crippen LogP contribution is -2.56. The number of fused-ring (bicyclic) bond motifs is 1. The van der Waals surface area contributed by atoms with Crippen molar-refractivity contribution in [3.63, 3.8) is 0 Å². The number of ether oxygens (including phenoxy) is 2. The molecule has 0 aromatic heterocycles. The molecular weight excluding hydrogens is 274 g/mol. The number of hydrogen-bond acceptors (Lipinski definition) is 5. The maximum atomic E-state index is 12.1. The van der Waals surface area contributed by atoms with Crippen LogP contribution in [0, 0.1) is 0 Å². The van der Waals surface area contributed by atoms with Crippen molar-refractivity contribution in [1.82, 2.24) is 10.6 Å². The van der Waals surface area contributed by atoms with Crippen molar-refractivity contribution in [1.29, 1.82) is 0 Å². The van der Waals surface area contributed by atoms with Crippen LogP contribution in [0.2, 0.25) is 0 Å². The molecule has 1 fully saturated rings. The number of nitrogens with one attached hydrogen (secondary N) is 3. The standard InChI is InChI=1S/C14H17N3O4/c1-14(2)20-10-4-3-8(5-11(10)21-14)17-13(19)9-6-16-12(18)7-15-9/h3-5,9,15H,6-7H2,1-2H3,(H,16,18)(H,17,19). The van der Waals surface area contributed by atoms with Gasteiger partial charge in [-0.2, -0.15) is 0 Å². The second-order valence-electron chi connectivity index (χ2n) is 5.49. The number of piperazine rings is 1. The van der Waals surface area contributed by atoms with Crippen LogP contribution in [0.15, 0.2) is 18.2 Å². The van der Waals surface area contributed by atoms with Crippen LogP contribution in [-0.4, -0.2) is 36.7 Å². The molecule has 1 saturated heterocycles. The Morgan fingerprint density at radius 1 is 1.33 bits per heavy atom. The summed E-state index contributed by atoms with van der Waals surface area (Å²) < 4.78 is 11.2. The Labute approximate surface area is 122 Å². The molecule has 112 valence electrons. The fourth-order valence-electron chi connectivity index (χ4n) is 2.28. The van der Waals surface area contributed by atoms with Gasteiger partial charge in [0.1, 0.15) is 6.04 Å². The van der Waals surface area contributed by atoms with Crippen molar-refractivity contribution < 1.29 is 19.1 Å². The third kappa shape index (κ3) is 2.92. The van der Waals surface area contributed by atoms with E-state index < -0.39 is 11.8 Å². The molecule has 1 aromatic rings. The predicted octanol–water partition coefficient (Wildman–Crippen LogP) is 0.220. The van der Waals surface area contributed by atoms with Crippen molar-refractivity contribution in [3.8, 4) is 11.5 Å². The molecule has 1 aromatic carbocycles. The van der Waals surface area contributed by atoms with Crippen LogP contribution in [0.3, 0.4) is 0 Å². The Kier molecular flexibility index (Phi) is 3.21. The van der Waals surface area contributed by atoms with Crippen molar-refractivity contribution in [3.05, 3.63) is 18.2 Å². The average Bonchev–Trinajstić information content (AvgIpc) is 2.72. The van der Waals surface area contributed by atoms with Gasteiger partial charge < -0.3 is 20.1 Å². The summed E-state index contributed by atoms with van der Waals surface area (Å²) in [5.74, 6) is 0.251. The molecule has 2 heterocycles. The number of hydrogen-bond donors (Lipinski definition) is 3. The van der Waals surface area contributed by atoms with Crippen LogP contribution in [0.5, 0.6) is 11.5 Å². The average molecular weight is 291 g/mol. The first-order valence-corrected chi connectivity index (χ1v) is 6.76. The lowest BCUT2D eigenvalue weighted by Gasteiger charge is -2.23. The number of rotatable bonds is 2. The lowest BCUT2D eigenvalue weighted by molar-refractivity contribution is -0.124. The molecular formula is C14H17N3O4. The summed E-state index contributed by atoms with van der Waals surface area (Å²) in [6.45, 7) is 4.06. The van der Waals surface area contributed by atoms with Gasteiger partial charge in [0.15, 0.2) is 11.5 Å². The summed E-state index contributed by atoms with van der Waals surface area (Å²) >= 11 is 0. The van der Waals surface area contributed by atoms with E-state index in [1.165, 1.54) is 0 Å². The van der Waals surface area contributed by atoms with Crippen molar-refractivity contribution in [2.45, 2.75) is 25.7 Å². The van der Waals surface area contributed by atoms with Gasteiger partial charge in [-0.05, 0) is 12.1 Å². The molecule has 3 rings (SSSR count). The molecule has 0 bridgehead atoms. The summed E-state index contributed by atoms with van der Waals surface area (Å²) in [4.78, 5) is 23.1. The first-order chi connectivity index (χ1) is 9.93.